The van der Waals surface area contributed by atoms with Gasteiger partial charge in [0.1, 0.15) is 0 Å². The Bertz CT molecular complexity index is 792. The van der Waals surface area contributed by atoms with Gasteiger partial charge in [0.05, 0.1) is 10.5 Å². The first-order valence-corrected chi connectivity index (χ1v) is 7.67. The van der Waals surface area contributed by atoms with Crippen LogP contribution >= 0.6 is 15.9 Å². The minimum Gasteiger partial charge on any atom is -0.478 e. The van der Waals surface area contributed by atoms with E-state index in [9.17, 15) is 13.2 Å². The van der Waals surface area contributed by atoms with E-state index in [1.54, 1.807) is 12.1 Å². The molecule has 0 saturated carbocycles. The summed E-state index contributed by atoms with van der Waals surface area (Å²) in [6, 6.07) is 7.66. The first-order valence-electron chi connectivity index (χ1n) is 5.44. The lowest BCUT2D eigenvalue weighted by molar-refractivity contribution is -0.130. The average Bonchev–Trinajstić information content (AvgIpc) is 2.87. The maximum absolute atomic E-state index is 12.4. The first kappa shape index (κ1) is 14.5. The Balaban J connectivity index is 2.46. The van der Waals surface area contributed by atoms with E-state index in [4.69, 9.17) is 5.11 Å². The number of benzene rings is 1. The molecule has 1 aromatic heterocycles. The average molecular weight is 356 g/mol. The Morgan fingerprint density at radius 3 is 2.60 bits per heavy atom. The molecule has 1 N–H and O–H groups in total. The lowest BCUT2D eigenvalue weighted by Crippen LogP contribution is -2.10. The van der Waals surface area contributed by atoms with Crippen LogP contribution in [0.1, 0.15) is 5.56 Å². The molecule has 0 atom stereocenters. The maximum atomic E-state index is 12.4. The Kier molecular flexibility index (Phi) is 3.82. The standard InChI is InChI=1S/C13H10BrNO4S/c1-9(13(16)17)10-5-6-15(8-10)20(18,19)12-4-2-3-11(14)7-12/h2-8H,1H2,(H,16,17). The number of carbonyl (C=O) groups is 1. The van der Waals surface area contributed by atoms with Crippen molar-refractivity contribution >= 4 is 37.5 Å². The molecule has 0 radical (unpaired) electrons. The first-order chi connectivity index (χ1) is 9.32. The lowest BCUT2D eigenvalue weighted by Gasteiger charge is -2.05. The minimum absolute atomic E-state index is 0.106. The van der Waals surface area contributed by atoms with Crippen LogP contribution in [-0.2, 0) is 14.8 Å². The van der Waals surface area contributed by atoms with Crippen LogP contribution in [0.5, 0.6) is 0 Å². The normalized spacial score (nSPS) is 11.2. The van der Waals surface area contributed by atoms with Gasteiger partial charge in [0, 0.05) is 22.4 Å². The molecule has 20 heavy (non-hydrogen) atoms. The molecule has 0 bridgehead atoms. The Morgan fingerprint density at radius 2 is 2.00 bits per heavy atom. The third-order valence-electron chi connectivity index (χ3n) is 2.65. The molecule has 1 heterocycles. The number of hydrogen-bond donors (Lipinski definition) is 1. The van der Waals surface area contributed by atoms with Crippen molar-refractivity contribution < 1.29 is 18.3 Å². The van der Waals surface area contributed by atoms with E-state index in [2.05, 4.69) is 22.5 Å². The van der Waals surface area contributed by atoms with Crippen molar-refractivity contribution in [2.45, 2.75) is 4.90 Å². The second-order valence-corrected chi connectivity index (χ2v) is 6.74. The van der Waals surface area contributed by atoms with Gasteiger partial charge in [-0.25, -0.2) is 17.2 Å². The van der Waals surface area contributed by atoms with E-state index in [1.807, 2.05) is 0 Å². The van der Waals surface area contributed by atoms with Gasteiger partial charge in [-0.15, -0.1) is 0 Å². The van der Waals surface area contributed by atoms with Crippen LogP contribution < -0.4 is 0 Å². The second kappa shape index (κ2) is 5.26. The quantitative estimate of drug-likeness (QED) is 0.855. The summed E-state index contributed by atoms with van der Waals surface area (Å²) in [4.78, 5) is 10.9. The molecule has 0 aliphatic heterocycles. The Labute approximate surface area is 124 Å². The second-order valence-electron chi connectivity index (χ2n) is 3.98. The SMILES string of the molecule is C=C(C(=O)O)c1ccn(S(=O)(=O)c2cccc(Br)c2)c1. The summed E-state index contributed by atoms with van der Waals surface area (Å²) in [6.07, 6.45) is 2.52. The van der Waals surface area contributed by atoms with Crippen molar-refractivity contribution in [2.75, 3.05) is 0 Å². The summed E-state index contributed by atoms with van der Waals surface area (Å²) in [7, 11) is -3.75. The molecular weight excluding hydrogens is 346 g/mol. The van der Waals surface area contributed by atoms with Crippen molar-refractivity contribution in [3.05, 3.63) is 59.3 Å². The smallest absolute Gasteiger partial charge is 0.335 e. The number of aromatic nitrogens is 1. The van der Waals surface area contributed by atoms with Crippen molar-refractivity contribution in [3.8, 4) is 0 Å². The number of hydrogen-bond acceptors (Lipinski definition) is 3. The van der Waals surface area contributed by atoms with Crippen molar-refractivity contribution in [2.24, 2.45) is 0 Å². The fourth-order valence-electron chi connectivity index (χ4n) is 1.58. The topological polar surface area (TPSA) is 76.4 Å². The monoisotopic (exact) mass is 355 g/mol. The Hall–Kier alpha value is -1.86. The molecule has 2 rings (SSSR count). The van der Waals surface area contributed by atoms with Gasteiger partial charge >= 0.3 is 5.97 Å². The number of nitrogens with zero attached hydrogens (tertiary/aromatic N) is 1. The molecule has 0 aliphatic carbocycles. The third-order valence-corrected chi connectivity index (χ3v) is 4.77. The van der Waals surface area contributed by atoms with Crippen molar-refractivity contribution in [3.63, 3.8) is 0 Å². The van der Waals surface area contributed by atoms with Crippen molar-refractivity contribution in [1.82, 2.24) is 3.97 Å². The van der Waals surface area contributed by atoms with Gasteiger partial charge in [-0.2, -0.15) is 0 Å². The van der Waals surface area contributed by atoms with Crippen LogP contribution in [0, 0.1) is 0 Å². The number of halogens is 1. The third kappa shape index (κ3) is 2.68. The zero-order valence-electron chi connectivity index (χ0n) is 10.2. The van der Waals surface area contributed by atoms with Gasteiger partial charge in [-0.1, -0.05) is 28.6 Å². The zero-order valence-corrected chi connectivity index (χ0v) is 12.6. The summed E-state index contributed by atoms with van der Waals surface area (Å²) < 4.78 is 26.3. The predicted octanol–water partition coefficient (Wildman–Crippen LogP) is 2.59. The van der Waals surface area contributed by atoms with Gasteiger partial charge in [0.2, 0.25) is 0 Å². The molecule has 2 aromatic rings. The maximum Gasteiger partial charge on any atom is 0.335 e. The van der Waals surface area contributed by atoms with E-state index in [-0.39, 0.29) is 16.0 Å². The molecule has 0 saturated heterocycles. The molecule has 0 amide bonds. The number of aliphatic carboxylic acids is 1. The molecular formula is C13H10BrNO4S. The van der Waals surface area contributed by atoms with Gasteiger partial charge < -0.3 is 5.11 Å². The highest BCUT2D eigenvalue weighted by atomic mass is 79.9. The van der Waals surface area contributed by atoms with E-state index < -0.39 is 16.0 Å². The number of rotatable bonds is 4. The zero-order chi connectivity index (χ0) is 14.9. The van der Waals surface area contributed by atoms with Crippen LogP contribution in [0.2, 0.25) is 0 Å². The highest BCUT2D eigenvalue weighted by Crippen LogP contribution is 2.21. The van der Waals surface area contributed by atoms with Crippen LogP contribution in [0.4, 0.5) is 0 Å². The van der Waals surface area contributed by atoms with Crippen LogP contribution in [0.15, 0.2) is 58.7 Å². The molecule has 0 aliphatic rings. The van der Waals surface area contributed by atoms with E-state index in [1.165, 1.54) is 30.6 Å². The van der Waals surface area contributed by atoms with Crippen LogP contribution in [0.25, 0.3) is 5.57 Å². The summed E-state index contributed by atoms with van der Waals surface area (Å²) in [5.74, 6) is -1.19. The molecule has 0 unspecified atom stereocenters. The summed E-state index contributed by atoms with van der Waals surface area (Å²) in [6.45, 7) is 3.39. The van der Waals surface area contributed by atoms with Gasteiger partial charge in [-0.05, 0) is 24.3 Å². The van der Waals surface area contributed by atoms with E-state index >= 15 is 0 Å². The van der Waals surface area contributed by atoms with Crippen LogP contribution in [0.3, 0.4) is 0 Å². The molecule has 5 nitrogen and oxygen atoms in total. The predicted molar refractivity (Wildman–Crippen MR) is 77.8 cm³/mol. The van der Waals surface area contributed by atoms with E-state index in [0.29, 0.717) is 4.47 Å². The molecule has 0 fully saturated rings. The highest BCUT2D eigenvalue weighted by molar-refractivity contribution is 9.10. The fraction of sp³-hybridized carbons (Fsp3) is 0. The van der Waals surface area contributed by atoms with Gasteiger partial charge in [0.15, 0.2) is 0 Å². The highest BCUT2D eigenvalue weighted by Gasteiger charge is 2.18. The van der Waals surface area contributed by atoms with Crippen LogP contribution in [-0.4, -0.2) is 23.5 Å². The Morgan fingerprint density at radius 1 is 1.30 bits per heavy atom. The van der Waals surface area contributed by atoms with E-state index in [0.717, 1.165) is 3.97 Å². The minimum atomic E-state index is -3.75. The lowest BCUT2D eigenvalue weighted by atomic mass is 10.2. The summed E-state index contributed by atoms with van der Waals surface area (Å²) in [5, 5.41) is 8.84. The molecule has 7 heteroatoms. The number of carboxylic acid groups (broad SMARTS) is 1. The van der Waals surface area contributed by atoms with Crippen molar-refractivity contribution in [1.29, 1.82) is 0 Å². The summed E-state index contributed by atoms with van der Waals surface area (Å²) in [5.41, 5.74) is 0.0873. The molecule has 104 valence electrons. The molecule has 0 spiro atoms. The fourth-order valence-corrected chi connectivity index (χ4v) is 3.37. The summed E-state index contributed by atoms with van der Waals surface area (Å²) >= 11 is 3.21. The number of carboxylic acids is 1. The largest absolute Gasteiger partial charge is 0.478 e. The molecule has 1 aromatic carbocycles. The van der Waals surface area contributed by atoms with Gasteiger partial charge in [0.25, 0.3) is 10.0 Å². The van der Waals surface area contributed by atoms with Gasteiger partial charge in [-0.3, -0.25) is 0 Å².